The molecule has 1 aliphatic heterocycles. The van der Waals surface area contributed by atoms with Gasteiger partial charge in [-0.3, -0.25) is 0 Å². The number of halogens is 2. The van der Waals surface area contributed by atoms with E-state index in [0.29, 0.717) is 50.7 Å². The molecule has 0 aromatic heterocycles. The Labute approximate surface area is 178 Å². The fraction of sp³-hybridized carbons (Fsp3) is 0.632. The van der Waals surface area contributed by atoms with E-state index in [1.165, 1.54) is 0 Å². The molecule has 2 rings (SSSR count). The van der Waals surface area contributed by atoms with Crippen LogP contribution in [0.1, 0.15) is 32.3 Å². The van der Waals surface area contributed by atoms with E-state index in [2.05, 4.69) is 15.6 Å². The van der Waals surface area contributed by atoms with Gasteiger partial charge < -0.3 is 25.4 Å². The molecular weight excluding hydrogens is 462 g/mol. The second-order valence-corrected chi connectivity index (χ2v) is 6.70. The van der Waals surface area contributed by atoms with E-state index in [0.717, 1.165) is 12.1 Å². The first kappa shape index (κ1) is 23.9. The van der Waals surface area contributed by atoms with Crippen molar-refractivity contribution in [3.05, 3.63) is 29.6 Å². The molecule has 1 aromatic carbocycles. The number of aliphatic imine (C=N–C) groups is 1. The highest BCUT2D eigenvalue weighted by Crippen LogP contribution is 2.24. The molecule has 1 fully saturated rings. The number of ether oxygens (including phenoxy) is 1. The highest BCUT2D eigenvalue weighted by atomic mass is 127. The molecule has 1 aliphatic rings. The van der Waals surface area contributed by atoms with Crippen LogP contribution in [-0.4, -0.2) is 56.6 Å². The van der Waals surface area contributed by atoms with Crippen LogP contribution in [0, 0.1) is 5.82 Å². The van der Waals surface area contributed by atoms with Crippen molar-refractivity contribution in [2.24, 2.45) is 4.99 Å². The summed E-state index contributed by atoms with van der Waals surface area (Å²) in [5, 5.41) is 16.0. The first-order valence-corrected chi connectivity index (χ1v) is 9.28. The van der Waals surface area contributed by atoms with Crippen LogP contribution in [0.5, 0.6) is 0 Å². The van der Waals surface area contributed by atoms with E-state index in [-0.39, 0.29) is 41.9 Å². The van der Waals surface area contributed by atoms with Crippen LogP contribution >= 0.6 is 24.0 Å². The molecule has 0 radical (unpaired) electrons. The van der Waals surface area contributed by atoms with Crippen molar-refractivity contribution in [2.75, 3.05) is 38.3 Å². The number of piperidine rings is 1. The molecule has 0 bridgehead atoms. The number of rotatable bonds is 7. The van der Waals surface area contributed by atoms with Gasteiger partial charge in [-0.2, -0.15) is 0 Å². The molecule has 0 spiro atoms. The van der Waals surface area contributed by atoms with Gasteiger partial charge in [0.25, 0.3) is 0 Å². The predicted molar refractivity (Wildman–Crippen MR) is 119 cm³/mol. The van der Waals surface area contributed by atoms with Crippen molar-refractivity contribution < 1.29 is 14.2 Å². The maximum absolute atomic E-state index is 14.5. The summed E-state index contributed by atoms with van der Waals surface area (Å²) in [6.45, 7) is 7.11. The minimum absolute atomic E-state index is 0. The standard InChI is InChI=1S/C19H31FN4O2.HI/c1-4-21-19(23-14(2)13-26-3)22-12-15-5-6-18(17(20)11-15)24-9-7-16(25)8-10-24;/h5-6,11,14,16,25H,4,7-10,12-13H2,1-3H3,(H2,21,22,23);1H. The van der Waals surface area contributed by atoms with E-state index in [1.807, 2.05) is 30.9 Å². The number of benzene rings is 1. The lowest BCUT2D eigenvalue weighted by molar-refractivity contribution is 0.145. The molecule has 154 valence electrons. The van der Waals surface area contributed by atoms with Gasteiger partial charge in [-0.25, -0.2) is 9.38 Å². The molecule has 1 saturated heterocycles. The van der Waals surface area contributed by atoms with Crippen LogP contribution in [0.2, 0.25) is 0 Å². The molecule has 1 aromatic rings. The topological polar surface area (TPSA) is 69.1 Å². The first-order valence-electron chi connectivity index (χ1n) is 9.28. The van der Waals surface area contributed by atoms with Crippen molar-refractivity contribution in [3.8, 4) is 0 Å². The minimum Gasteiger partial charge on any atom is -0.393 e. The minimum atomic E-state index is -0.264. The quantitative estimate of drug-likeness (QED) is 0.309. The number of methoxy groups -OCH3 is 1. The number of aliphatic hydroxyl groups excluding tert-OH is 1. The van der Waals surface area contributed by atoms with E-state index >= 15 is 0 Å². The molecule has 27 heavy (non-hydrogen) atoms. The predicted octanol–water partition coefficient (Wildman–Crippen LogP) is 2.49. The number of anilines is 1. The number of guanidine groups is 1. The van der Waals surface area contributed by atoms with Crippen LogP contribution in [0.15, 0.2) is 23.2 Å². The fourth-order valence-corrected chi connectivity index (χ4v) is 3.03. The Hall–Kier alpha value is -1.13. The van der Waals surface area contributed by atoms with Gasteiger partial charge in [-0.15, -0.1) is 24.0 Å². The summed E-state index contributed by atoms with van der Waals surface area (Å²) in [6, 6.07) is 5.40. The lowest BCUT2D eigenvalue weighted by Crippen LogP contribution is -2.43. The highest BCUT2D eigenvalue weighted by Gasteiger charge is 2.19. The van der Waals surface area contributed by atoms with Gasteiger partial charge in [0, 0.05) is 32.8 Å². The number of nitrogens with zero attached hydrogens (tertiary/aromatic N) is 2. The van der Waals surface area contributed by atoms with Gasteiger partial charge in [0.15, 0.2) is 5.96 Å². The Kier molecular flexibility index (Phi) is 10.9. The smallest absolute Gasteiger partial charge is 0.191 e. The molecule has 0 saturated carbocycles. The zero-order valence-electron chi connectivity index (χ0n) is 16.4. The highest BCUT2D eigenvalue weighted by molar-refractivity contribution is 14.0. The number of hydrogen-bond acceptors (Lipinski definition) is 4. The number of aliphatic hydroxyl groups is 1. The third-order valence-electron chi connectivity index (χ3n) is 4.38. The van der Waals surface area contributed by atoms with Crippen molar-refractivity contribution in [1.29, 1.82) is 0 Å². The fourth-order valence-electron chi connectivity index (χ4n) is 3.03. The summed E-state index contributed by atoms with van der Waals surface area (Å²) in [5.41, 5.74) is 1.42. The van der Waals surface area contributed by atoms with Gasteiger partial charge in [0.05, 0.1) is 24.9 Å². The zero-order chi connectivity index (χ0) is 18.9. The number of hydrogen-bond donors (Lipinski definition) is 3. The molecule has 1 atom stereocenters. The summed E-state index contributed by atoms with van der Waals surface area (Å²) < 4.78 is 19.6. The second kappa shape index (κ2) is 12.4. The van der Waals surface area contributed by atoms with Crippen molar-refractivity contribution in [1.82, 2.24) is 10.6 Å². The monoisotopic (exact) mass is 494 g/mol. The Balaban J connectivity index is 0.00000364. The van der Waals surface area contributed by atoms with Crippen molar-refractivity contribution in [3.63, 3.8) is 0 Å². The molecule has 1 unspecified atom stereocenters. The van der Waals surface area contributed by atoms with Crippen molar-refractivity contribution >= 4 is 35.6 Å². The third kappa shape index (κ3) is 7.79. The average Bonchev–Trinajstić information content (AvgIpc) is 2.61. The summed E-state index contributed by atoms with van der Waals surface area (Å²) in [6.07, 6.45) is 1.10. The van der Waals surface area contributed by atoms with Crippen LogP contribution in [0.25, 0.3) is 0 Å². The molecule has 3 N–H and O–H groups in total. The molecule has 0 aliphatic carbocycles. The Morgan fingerprint density at radius 1 is 1.41 bits per heavy atom. The van der Waals surface area contributed by atoms with Gasteiger partial charge in [0.2, 0.25) is 0 Å². The lowest BCUT2D eigenvalue weighted by Gasteiger charge is -2.31. The van der Waals surface area contributed by atoms with Gasteiger partial charge in [0.1, 0.15) is 5.82 Å². The normalized spacial score (nSPS) is 16.6. The maximum atomic E-state index is 14.5. The third-order valence-corrected chi connectivity index (χ3v) is 4.38. The molecule has 8 heteroatoms. The van der Waals surface area contributed by atoms with Crippen molar-refractivity contribution in [2.45, 2.75) is 45.4 Å². The zero-order valence-corrected chi connectivity index (χ0v) is 18.7. The van der Waals surface area contributed by atoms with E-state index in [1.54, 1.807) is 13.2 Å². The summed E-state index contributed by atoms with van der Waals surface area (Å²) in [7, 11) is 1.66. The number of nitrogens with one attached hydrogen (secondary N) is 2. The first-order chi connectivity index (χ1) is 12.5. The SMILES string of the molecule is CCNC(=NCc1ccc(N2CCC(O)CC2)c(F)c1)NC(C)COC.I. The van der Waals surface area contributed by atoms with Crippen LogP contribution < -0.4 is 15.5 Å². The van der Waals surface area contributed by atoms with E-state index < -0.39 is 0 Å². The Morgan fingerprint density at radius 2 is 2.11 bits per heavy atom. The molecule has 0 amide bonds. The Bertz CT molecular complexity index is 595. The summed E-state index contributed by atoms with van der Waals surface area (Å²) in [5.74, 6) is 0.450. The van der Waals surface area contributed by atoms with E-state index in [9.17, 15) is 9.50 Å². The largest absolute Gasteiger partial charge is 0.393 e. The second-order valence-electron chi connectivity index (χ2n) is 6.70. The van der Waals surface area contributed by atoms with Gasteiger partial charge in [-0.05, 0) is 44.4 Å². The summed E-state index contributed by atoms with van der Waals surface area (Å²) in [4.78, 5) is 6.52. The van der Waals surface area contributed by atoms with Crippen LogP contribution in [0.4, 0.5) is 10.1 Å². The lowest BCUT2D eigenvalue weighted by atomic mass is 10.1. The van der Waals surface area contributed by atoms with Gasteiger partial charge in [-0.1, -0.05) is 6.07 Å². The molecule has 1 heterocycles. The average molecular weight is 494 g/mol. The summed E-state index contributed by atoms with van der Waals surface area (Å²) >= 11 is 0. The molecular formula is C19H32FIN4O2. The maximum Gasteiger partial charge on any atom is 0.191 e. The molecule has 6 nitrogen and oxygen atoms in total. The van der Waals surface area contributed by atoms with Crippen LogP contribution in [0.3, 0.4) is 0 Å². The van der Waals surface area contributed by atoms with E-state index in [4.69, 9.17) is 4.74 Å². The van der Waals surface area contributed by atoms with Crippen LogP contribution in [-0.2, 0) is 11.3 Å². The Morgan fingerprint density at radius 3 is 2.70 bits per heavy atom. The van der Waals surface area contributed by atoms with Gasteiger partial charge >= 0.3 is 0 Å².